The maximum Gasteiger partial charge on any atom is 0.114 e. The third-order valence-electron chi connectivity index (χ3n) is 4.03. The van der Waals surface area contributed by atoms with Gasteiger partial charge in [-0.25, -0.2) is 9.37 Å². The van der Waals surface area contributed by atoms with Gasteiger partial charge in [0.25, 0.3) is 0 Å². The minimum Gasteiger partial charge on any atom is -0.299 e. The summed E-state index contributed by atoms with van der Waals surface area (Å²) in [5.74, 6) is 0. The molecule has 22 heavy (non-hydrogen) atoms. The van der Waals surface area contributed by atoms with Crippen molar-refractivity contribution in [2.75, 3.05) is 20.1 Å². The van der Waals surface area contributed by atoms with E-state index in [0.29, 0.717) is 13.0 Å². The van der Waals surface area contributed by atoms with Crippen molar-refractivity contribution >= 4 is 11.3 Å². The lowest BCUT2D eigenvalue weighted by atomic mass is 10.2. The Hall–Kier alpha value is -1.31. The molecule has 0 radical (unpaired) electrons. The van der Waals surface area contributed by atoms with Crippen molar-refractivity contribution in [3.63, 3.8) is 0 Å². The molecule has 1 aliphatic rings. The Morgan fingerprint density at radius 3 is 3.09 bits per heavy atom. The Kier molecular flexibility index (Phi) is 4.85. The molecule has 0 saturated carbocycles. The molecule has 0 aliphatic carbocycles. The molecule has 2 aromatic rings. The van der Waals surface area contributed by atoms with Crippen molar-refractivity contribution in [2.45, 2.75) is 38.6 Å². The van der Waals surface area contributed by atoms with E-state index in [1.165, 1.54) is 0 Å². The number of likely N-dealkylation sites (N-methyl/N-ethyl adjacent to an activating group) is 1. The second-order valence-electron chi connectivity index (χ2n) is 6.05. The van der Waals surface area contributed by atoms with Crippen LogP contribution in [0.4, 0.5) is 4.39 Å². The SMILES string of the molecule is Cc1nc(CN2C[C@@H](F)C[C@H]2CN(C)Cc2ccn[nH]2)cs1. The molecule has 3 rings (SSSR count). The first-order valence-corrected chi connectivity index (χ1v) is 8.44. The lowest BCUT2D eigenvalue weighted by Gasteiger charge is -2.27. The predicted molar refractivity (Wildman–Crippen MR) is 85.5 cm³/mol. The summed E-state index contributed by atoms with van der Waals surface area (Å²) in [4.78, 5) is 8.94. The van der Waals surface area contributed by atoms with E-state index in [1.54, 1.807) is 17.5 Å². The summed E-state index contributed by atoms with van der Waals surface area (Å²) >= 11 is 1.65. The van der Waals surface area contributed by atoms with Crippen LogP contribution in [0.5, 0.6) is 0 Å². The van der Waals surface area contributed by atoms with Gasteiger partial charge in [0.15, 0.2) is 0 Å². The Morgan fingerprint density at radius 2 is 2.41 bits per heavy atom. The number of likely N-dealkylation sites (tertiary alicyclic amines) is 1. The first-order valence-electron chi connectivity index (χ1n) is 7.56. The molecule has 1 N–H and O–H groups in total. The van der Waals surface area contributed by atoms with Crippen molar-refractivity contribution in [2.24, 2.45) is 0 Å². The summed E-state index contributed by atoms with van der Waals surface area (Å²) < 4.78 is 13.9. The molecular weight excluding hydrogens is 301 g/mol. The van der Waals surface area contributed by atoms with Gasteiger partial charge in [-0.3, -0.25) is 14.9 Å². The number of nitrogens with zero attached hydrogens (tertiary/aromatic N) is 4. The number of thiazole rings is 1. The quantitative estimate of drug-likeness (QED) is 0.885. The van der Waals surface area contributed by atoms with Crippen LogP contribution in [-0.2, 0) is 13.1 Å². The standard InChI is InChI=1S/C15H22FN5S/c1-11-18-14(10-22-11)8-21-6-12(16)5-15(21)9-20(2)7-13-3-4-17-19-13/h3-4,10,12,15H,5-9H2,1-2H3,(H,17,19)/t12-,15-/m0/s1. The molecule has 1 aliphatic heterocycles. The second kappa shape index (κ2) is 6.85. The van der Waals surface area contributed by atoms with Gasteiger partial charge in [-0.05, 0) is 26.5 Å². The summed E-state index contributed by atoms with van der Waals surface area (Å²) in [7, 11) is 2.07. The van der Waals surface area contributed by atoms with Crippen molar-refractivity contribution < 1.29 is 4.39 Å². The molecule has 3 heterocycles. The molecular formula is C15H22FN5S. The third-order valence-corrected chi connectivity index (χ3v) is 4.85. The van der Waals surface area contributed by atoms with Gasteiger partial charge >= 0.3 is 0 Å². The van der Waals surface area contributed by atoms with Gasteiger partial charge in [0.05, 0.1) is 10.7 Å². The molecule has 5 nitrogen and oxygen atoms in total. The van der Waals surface area contributed by atoms with Crippen LogP contribution in [0.15, 0.2) is 17.6 Å². The van der Waals surface area contributed by atoms with Crippen LogP contribution in [0.25, 0.3) is 0 Å². The van der Waals surface area contributed by atoms with Crippen LogP contribution in [0.1, 0.15) is 22.8 Å². The maximum atomic E-state index is 13.9. The molecule has 0 spiro atoms. The largest absolute Gasteiger partial charge is 0.299 e. The predicted octanol–water partition coefficient (Wildman–Crippen LogP) is 2.22. The van der Waals surface area contributed by atoms with Gasteiger partial charge in [-0.15, -0.1) is 11.3 Å². The summed E-state index contributed by atoms with van der Waals surface area (Å²) in [5, 5.41) is 10.1. The Bertz CT molecular complexity index is 585. The Morgan fingerprint density at radius 1 is 1.55 bits per heavy atom. The average molecular weight is 323 g/mol. The van der Waals surface area contributed by atoms with Crippen LogP contribution in [0, 0.1) is 6.92 Å². The number of alkyl halides is 1. The molecule has 0 bridgehead atoms. The van der Waals surface area contributed by atoms with E-state index in [1.807, 2.05) is 13.0 Å². The van der Waals surface area contributed by atoms with E-state index in [0.717, 1.165) is 36.0 Å². The number of hydrogen-bond acceptors (Lipinski definition) is 5. The summed E-state index contributed by atoms with van der Waals surface area (Å²) in [6.07, 6.45) is 1.63. The summed E-state index contributed by atoms with van der Waals surface area (Å²) in [6.45, 7) is 4.91. The summed E-state index contributed by atoms with van der Waals surface area (Å²) in [5.41, 5.74) is 2.14. The molecule has 7 heteroatoms. The molecule has 0 aromatic carbocycles. The van der Waals surface area contributed by atoms with Crippen LogP contribution in [-0.4, -0.2) is 57.3 Å². The fraction of sp³-hybridized carbons (Fsp3) is 0.600. The Balaban J connectivity index is 1.58. The first-order chi connectivity index (χ1) is 10.6. The zero-order valence-corrected chi connectivity index (χ0v) is 13.8. The molecule has 1 fully saturated rings. The van der Waals surface area contributed by atoms with Crippen LogP contribution < -0.4 is 0 Å². The fourth-order valence-corrected chi connectivity index (χ4v) is 3.69. The zero-order chi connectivity index (χ0) is 15.5. The second-order valence-corrected chi connectivity index (χ2v) is 7.11. The maximum absolute atomic E-state index is 13.9. The highest BCUT2D eigenvalue weighted by atomic mass is 32.1. The molecule has 2 aromatic heterocycles. The highest BCUT2D eigenvalue weighted by molar-refractivity contribution is 7.09. The van der Waals surface area contributed by atoms with E-state index in [9.17, 15) is 4.39 Å². The third kappa shape index (κ3) is 3.91. The first kappa shape index (κ1) is 15.6. The number of aromatic amines is 1. The highest BCUT2D eigenvalue weighted by Gasteiger charge is 2.33. The highest BCUT2D eigenvalue weighted by Crippen LogP contribution is 2.24. The van der Waals surface area contributed by atoms with Crippen LogP contribution in [0.2, 0.25) is 0 Å². The van der Waals surface area contributed by atoms with Crippen LogP contribution >= 0.6 is 11.3 Å². The molecule has 0 unspecified atom stereocenters. The number of hydrogen-bond donors (Lipinski definition) is 1. The van der Waals surface area contributed by atoms with Crippen molar-refractivity contribution in [3.05, 3.63) is 34.0 Å². The topological polar surface area (TPSA) is 48.1 Å². The lowest BCUT2D eigenvalue weighted by molar-refractivity contribution is 0.178. The average Bonchev–Trinajstić information content (AvgIpc) is 3.15. The number of aryl methyl sites for hydroxylation is 1. The zero-order valence-electron chi connectivity index (χ0n) is 13.0. The van der Waals surface area contributed by atoms with E-state index in [-0.39, 0.29) is 6.04 Å². The van der Waals surface area contributed by atoms with Gasteiger partial charge in [0, 0.05) is 49.5 Å². The monoisotopic (exact) mass is 323 g/mol. The van der Waals surface area contributed by atoms with Gasteiger partial charge < -0.3 is 0 Å². The molecule has 2 atom stereocenters. The smallest absolute Gasteiger partial charge is 0.114 e. The van der Waals surface area contributed by atoms with E-state index in [2.05, 4.69) is 37.4 Å². The Labute approximate surface area is 134 Å². The fourth-order valence-electron chi connectivity index (χ4n) is 3.08. The molecule has 120 valence electrons. The number of halogens is 1. The van der Waals surface area contributed by atoms with Gasteiger partial charge in [-0.1, -0.05) is 0 Å². The minimum atomic E-state index is -0.731. The lowest BCUT2D eigenvalue weighted by Crippen LogP contribution is -2.38. The van der Waals surface area contributed by atoms with Crippen molar-refractivity contribution in [3.8, 4) is 0 Å². The van der Waals surface area contributed by atoms with E-state index >= 15 is 0 Å². The van der Waals surface area contributed by atoms with Crippen LogP contribution in [0.3, 0.4) is 0 Å². The van der Waals surface area contributed by atoms with Gasteiger partial charge in [-0.2, -0.15) is 5.10 Å². The van der Waals surface area contributed by atoms with E-state index < -0.39 is 6.17 Å². The van der Waals surface area contributed by atoms with E-state index in [4.69, 9.17) is 0 Å². The van der Waals surface area contributed by atoms with Gasteiger partial charge in [0.2, 0.25) is 0 Å². The number of aromatic nitrogens is 3. The van der Waals surface area contributed by atoms with Crippen molar-refractivity contribution in [1.82, 2.24) is 25.0 Å². The normalized spacial score (nSPS) is 22.7. The summed E-state index contributed by atoms with van der Waals surface area (Å²) in [6, 6.07) is 2.21. The minimum absolute atomic E-state index is 0.241. The molecule has 0 amide bonds. The number of H-pyrrole nitrogens is 1. The van der Waals surface area contributed by atoms with Crippen molar-refractivity contribution in [1.29, 1.82) is 0 Å². The van der Waals surface area contributed by atoms with Gasteiger partial charge in [0.1, 0.15) is 6.17 Å². The molecule has 1 saturated heterocycles. The number of nitrogens with one attached hydrogen (secondary N) is 1. The number of rotatable bonds is 6.